The molecule has 1 aliphatic rings. The highest BCUT2D eigenvalue weighted by Crippen LogP contribution is 2.06. The Labute approximate surface area is 80.0 Å². The number of carbonyl (C=O) groups is 2. The molecule has 1 heterocycles. The quantitative estimate of drug-likeness (QED) is 0.670. The maximum atomic E-state index is 11.9. The lowest BCUT2D eigenvalue weighted by atomic mass is 10.1. The first kappa shape index (κ1) is 10.9. The van der Waals surface area contributed by atoms with E-state index in [9.17, 15) is 18.4 Å². The number of amides is 2. The molecule has 1 fully saturated rings. The van der Waals surface area contributed by atoms with Crippen LogP contribution in [0.3, 0.4) is 0 Å². The third-order valence-electron chi connectivity index (χ3n) is 2.08. The molecule has 1 saturated heterocycles. The minimum Gasteiger partial charge on any atom is -0.356 e. The number of carbonyl (C=O) groups excluding carboxylic acids is 2. The standard InChI is InChI=1S/C8H12F2N2O2/c9-7(10)8(14)12-5-1-2-6(13)11-4-3-5/h5,7H,1-4H2,(H,11,13)(H,12,14). The van der Waals surface area contributed by atoms with Crippen molar-refractivity contribution in [3.05, 3.63) is 0 Å². The summed E-state index contributed by atoms with van der Waals surface area (Å²) in [5, 5.41) is 4.80. The van der Waals surface area contributed by atoms with Crippen LogP contribution in [0.2, 0.25) is 0 Å². The van der Waals surface area contributed by atoms with Crippen molar-refractivity contribution in [3.8, 4) is 0 Å². The van der Waals surface area contributed by atoms with Crippen LogP contribution in [0.1, 0.15) is 19.3 Å². The van der Waals surface area contributed by atoms with E-state index >= 15 is 0 Å². The highest BCUT2D eigenvalue weighted by atomic mass is 19.3. The van der Waals surface area contributed by atoms with Gasteiger partial charge in [-0.15, -0.1) is 0 Å². The summed E-state index contributed by atoms with van der Waals surface area (Å²) >= 11 is 0. The van der Waals surface area contributed by atoms with Gasteiger partial charge in [-0.05, 0) is 12.8 Å². The maximum Gasteiger partial charge on any atom is 0.315 e. The molecule has 0 aliphatic carbocycles. The molecule has 80 valence electrons. The monoisotopic (exact) mass is 206 g/mol. The number of hydrogen-bond acceptors (Lipinski definition) is 2. The molecule has 0 radical (unpaired) electrons. The molecule has 2 N–H and O–H groups in total. The van der Waals surface area contributed by atoms with Gasteiger partial charge < -0.3 is 10.6 Å². The van der Waals surface area contributed by atoms with Gasteiger partial charge in [0.05, 0.1) is 0 Å². The molecule has 4 nitrogen and oxygen atoms in total. The summed E-state index contributed by atoms with van der Waals surface area (Å²) in [6, 6.07) is -0.324. The van der Waals surface area contributed by atoms with Crippen molar-refractivity contribution in [1.29, 1.82) is 0 Å². The van der Waals surface area contributed by atoms with E-state index in [0.29, 0.717) is 19.4 Å². The number of halogens is 2. The Morgan fingerprint density at radius 3 is 2.86 bits per heavy atom. The van der Waals surface area contributed by atoms with Crippen LogP contribution < -0.4 is 10.6 Å². The molecular weight excluding hydrogens is 194 g/mol. The number of nitrogens with one attached hydrogen (secondary N) is 2. The predicted octanol–water partition coefficient (Wildman–Crippen LogP) is 0.0364. The zero-order valence-corrected chi connectivity index (χ0v) is 7.56. The molecule has 0 saturated carbocycles. The molecule has 14 heavy (non-hydrogen) atoms. The predicted molar refractivity (Wildman–Crippen MR) is 44.8 cm³/mol. The van der Waals surface area contributed by atoms with Crippen LogP contribution in [0.25, 0.3) is 0 Å². The number of hydrogen-bond donors (Lipinski definition) is 2. The van der Waals surface area contributed by atoms with Crippen LogP contribution >= 0.6 is 0 Å². The first-order valence-corrected chi connectivity index (χ1v) is 4.45. The average molecular weight is 206 g/mol. The molecule has 0 aromatic heterocycles. The third kappa shape index (κ3) is 3.27. The lowest BCUT2D eigenvalue weighted by Crippen LogP contribution is -2.38. The largest absolute Gasteiger partial charge is 0.356 e. The molecule has 1 unspecified atom stereocenters. The van der Waals surface area contributed by atoms with E-state index < -0.39 is 12.3 Å². The van der Waals surface area contributed by atoms with Gasteiger partial charge in [-0.3, -0.25) is 9.59 Å². The molecule has 0 aromatic carbocycles. The highest BCUT2D eigenvalue weighted by Gasteiger charge is 2.21. The van der Waals surface area contributed by atoms with Crippen LogP contribution in [0.15, 0.2) is 0 Å². The lowest BCUT2D eigenvalue weighted by molar-refractivity contribution is -0.132. The number of rotatable bonds is 2. The molecule has 6 heteroatoms. The smallest absolute Gasteiger partial charge is 0.315 e. The fraction of sp³-hybridized carbons (Fsp3) is 0.750. The summed E-state index contributed by atoms with van der Waals surface area (Å²) in [6.07, 6.45) is -1.79. The Kier molecular flexibility index (Phi) is 3.79. The van der Waals surface area contributed by atoms with E-state index in [1.165, 1.54) is 0 Å². The molecule has 0 bridgehead atoms. The Morgan fingerprint density at radius 1 is 1.50 bits per heavy atom. The second-order valence-corrected chi connectivity index (χ2v) is 3.18. The lowest BCUT2D eigenvalue weighted by Gasteiger charge is -2.14. The summed E-state index contributed by atoms with van der Waals surface area (Å²) < 4.78 is 23.7. The molecule has 0 spiro atoms. The Morgan fingerprint density at radius 2 is 2.21 bits per heavy atom. The van der Waals surface area contributed by atoms with Crippen LogP contribution in [-0.2, 0) is 9.59 Å². The summed E-state index contributed by atoms with van der Waals surface area (Å²) in [5.74, 6) is -1.36. The summed E-state index contributed by atoms with van der Waals surface area (Å²) in [5.41, 5.74) is 0. The van der Waals surface area contributed by atoms with Gasteiger partial charge in [0.15, 0.2) is 0 Å². The summed E-state index contributed by atoms with van der Waals surface area (Å²) in [6.45, 7) is 0.424. The van der Waals surface area contributed by atoms with Crippen LogP contribution in [0.4, 0.5) is 8.78 Å². The first-order chi connectivity index (χ1) is 6.59. The second kappa shape index (κ2) is 4.88. The topological polar surface area (TPSA) is 58.2 Å². The zero-order chi connectivity index (χ0) is 10.6. The van der Waals surface area contributed by atoms with Crippen LogP contribution in [0.5, 0.6) is 0 Å². The van der Waals surface area contributed by atoms with Gasteiger partial charge >= 0.3 is 6.43 Å². The van der Waals surface area contributed by atoms with Gasteiger partial charge in [0.2, 0.25) is 5.91 Å². The molecule has 0 aromatic rings. The molecule has 1 rings (SSSR count). The van der Waals surface area contributed by atoms with Crippen molar-refractivity contribution in [2.24, 2.45) is 0 Å². The van der Waals surface area contributed by atoms with E-state index in [2.05, 4.69) is 10.6 Å². The minimum absolute atomic E-state index is 0.0983. The Balaban J connectivity index is 2.37. The van der Waals surface area contributed by atoms with Crippen molar-refractivity contribution < 1.29 is 18.4 Å². The van der Waals surface area contributed by atoms with Gasteiger partial charge in [-0.2, -0.15) is 8.78 Å². The first-order valence-electron chi connectivity index (χ1n) is 4.45. The van der Waals surface area contributed by atoms with Gasteiger partial charge in [0.1, 0.15) is 0 Å². The highest BCUT2D eigenvalue weighted by molar-refractivity contribution is 5.80. The number of alkyl halides is 2. The molecule has 1 aliphatic heterocycles. The van der Waals surface area contributed by atoms with Crippen molar-refractivity contribution in [3.63, 3.8) is 0 Å². The van der Waals surface area contributed by atoms with Crippen molar-refractivity contribution in [2.75, 3.05) is 6.54 Å². The van der Waals surface area contributed by atoms with Crippen LogP contribution in [-0.4, -0.2) is 30.8 Å². The van der Waals surface area contributed by atoms with Gasteiger partial charge in [-0.1, -0.05) is 0 Å². The van der Waals surface area contributed by atoms with Crippen molar-refractivity contribution in [1.82, 2.24) is 10.6 Å². The van der Waals surface area contributed by atoms with Gasteiger partial charge in [0, 0.05) is 19.0 Å². The maximum absolute atomic E-state index is 11.9. The normalized spacial score (nSPS) is 22.8. The van der Waals surface area contributed by atoms with E-state index in [0.717, 1.165) is 0 Å². The van der Waals surface area contributed by atoms with E-state index in [1.807, 2.05) is 0 Å². The minimum atomic E-state index is -2.98. The summed E-state index contributed by atoms with van der Waals surface area (Å²) in [4.78, 5) is 21.5. The second-order valence-electron chi connectivity index (χ2n) is 3.18. The third-order valence-corrected chi connectivity index (χ3v) is 2.08. The van der Waals surface area contributed by atoms with Gasteiger partial charge in [-0.25, -0.2) is 0 Å². The Hall–Kier alpha value is -1.20. The average Bonchev–Trinajstić information content (AvgIpc) is 2.31. The fourth-order valence-electron chi connectivity index (χ4n) is 1.33. The molecule has 2 amide bonds. The van der Waals surface area contributed by atoms with Crippen molar-refractivity contribution >= 4 is 11.8 Å². The Bertz CT molecular complexity index is 233. The molecular formula is C8H12F2N2O2. The van der Waals surface area contributed by atoms with Crippen molar-refractivity contribution in [2.45, 2.75) is 31.7 Å². The molecule has 1 atom stereocenters. The van der Waals surface area contributed by atoms with E-state index in [4.69, 9.17) is 0 Å². The zero-order valence-electron chi connectivity index (χ0n) is 7.56. The van der Waals surface area contributed by atoms with E-state index in [1.54, 1.807) is 0 Å². The van der Waals surface area contributed by atoms with Crippen LogP contribution in [0, 0.1) is 0 Å². The fourth-order valence-corrected chi connectivity index (χ4v) is 1.33. The van der Waals surface area contributed by atoms with E-state index in [-0.39, 0.29) is 18.4 Å². The van der Waals surface area contributed by atoms with Gasteiger partial charge in [0.25, 0.3) is 5.91 Å². The SMILES string of the molecule is O=C1CCC(NC(=O)C(F)F)CCN1. The summed E-state index contributed by atoms with van der Waals surface area (Å²) in [7, 11) is 0.